The van der Waals surface area contributed by atoms with Gasteiger partial charge in [0.1, 0.15) is 0 Å². The van der Waals surface area contributed by atoms with Crippen molar-refractivity contribution in [2.24, 2.45) is 0 Å². The molecule has 0 saturated heterocycles. The second kappa shape index (κ2) is 6.38. The number of anilines is 1. The fourth-order valence-corrected chi connectivity index (χ4v) is 1.93. The lowest BCUT2D eigenvalue weighted by Gasteiger charge is -2.05. The molecule has 6 heteroatoms. The largest absolute Gasteiger partial charge is 0.396 e. The van der Waals surface area contributed by atoms with Gasteiger partial charge in [-0.3, -0.25) is 9.48 Å². The number of nitrogens with one attached hydrogen (secondary N) is 1. The highest BCUT2D eigenvalue weighted by Crippen LogP contribution is 2.10. The Kier molecular flexibility index (Phi) is 4.57. The second-order valence-electron chi connectivity index (χ2n) is 4.19. The van der Waals surface area contributed by atoms with Crippen molar-refractivity contribution in [2.75, 3.05) is 12.3 Å². The number of nitrogens with two attached hydrogens (primary N) is 1. The lowest BCUT2D eigenvalue weighted by atomic mass is 10.1. The zero-order valence-electron chi connectivity index (χ0n) is 10.3. The molecule has 1 heterocycles. The van der Waals surface area contributed by atoms with Gasteiger partial charge < -0.3 is 11.1 Å². The molecule has 1 amide bonds. The SMILES string of the molecule is Nc1cnn(CCNC(=O)Cc2ccc(Br)cc2)c1. The van der Waals surface area contributed by atoms with Crippen LogP contribution in [0.25, 0.3) is 0 Å². The van der Waals surface area contributed by atoms with Crippen LogP contribution >= 0.6 is 15.9 Å². The molecule has 0 aliphatic heterocycles. The lowest BCUT2D eigenvalue weighted by Crippen LogP contribution is -2.28. The van der Waals surface area contributed by atoms with Gasteiger partial charge in [0.05, 0.1) is 24.8 Å². The molecule has 19 heavy (non-hydrogen) atoms. The number of aromatic nitrogens is 2. The number of hydrogen-bond donors (Lipinski definition) is 2. The summed E-state index contributed by atoms with van der Waals surface area (Å²) < 4.78 is 2.71. The normalized spacial score (nSPS) is 10.4. The van der Waals surface area contributed by atoms with Crippen molar-refractivity contribution in [1.29, 1.82) is 0 Å². The fraction of sp³-hybridized carbons (Fsp3) is 0.231. The Hall–Kier alpha value is -1.82. The highest BCUT2D eigenvalue weighted by Gasteiger charge is 2.03. The molecule has 0 aliphatic carbocycles. The molecule has 100 valence electrons. The Balaban J connectivity index is 1.74. The molecule has 0 atom stereocenters. The Morgan fingerprint density at radius 3 is 2.74 bits per heavy atom. The molecule has 0 aliphatic rings. The van der Waals surface area contributed by atoms with E-state index in [2.05, 4.69) is 26.3 Å². The van der Waals surface area contributed by atoms with Crippen LogP contribution in [0.3, 0.4) is 0 Å². The van der Waals surface area contributed by atoms with E-state index in [-0.39, 0.29) is 5.91 Å². The summed E-state index contributed by atoms with van der Waals surface area (Å²) >= 11 is 3.36. The first kappa shape index (κ1) is 13.6. The maximum atomic E-state index is 11.7. The van der Waals surface area contributed by atoms with Crippen molar-refractivity contribution in [3.05, 3.63) is 46.7 Å². The van der Waals surface area contributed by atoms with Gasteiger partial charge in [0.15, 0.2) is 0 Å². The van der Waals surface area contributed by atoms with E-state index in [1.807, 2.05) is 24.3 Å². The topological polar surface area (TPSA) is 72.9 Å². The molecule has 0 saturated carbocycles. The Morgan fingerprint density at radius 1 is 1.37 bits per heavy atom. The summed E-state index contributed by atoms with van der Waals surface area (Å²) in [5.41, 5.74) is 7.17. The van der Waals surface area contributed by atoms with E-state index in [0.29, 0.717) is 25.2 Å². The van der Waals surface area contributed by atoms with Crippen LogP contribution < -0.4 is 11.1 Å². The first-order chi connectivity index (χ1) is 9.13. The minimum Gasteiger partial charge on any atom is -0.396 e. The maximum absolute atomic E-state index is 11.7. The first-order valence-corrected chi connectivity index (χ1v) is 6.72. The number of hydrogen-bond acceptors (Lipinski definition) is 3. The molecule has 2 rings (SSSR count). The van der Waals surface area contributed by atoms with Gasteiger partial charge in [-0.05, 0) is 17.7 Å². The minimum atomic E-state index is 0.00227. The van der Waals surface area contributed by atoms with Crippen molar-refractivity contribution in [1.82, 2.24) is 15.1 Å². The van der Waals surface area contributed by atoms with E-state index >= 15 is 0 Å². The van der Waals surface area contributed by atoms with Gasteiger partial charge in [-0.25, -0.2) is 0 Å². The van der Waals surface area contributed by atoms with Crippen LogP contribution in [0.4, 0.5) is 5.69 Å². The zero-order valence-corrected chi connectivity index (χ0v) is 11.9. The van der Waals surface area contributed by atoms with E-state index in [0.717, 1.165) is 10.0 Å². The summed E-state index contributed by atoms with van der Waals surface area (Å²) in [4.78, 5) is 11.7. The minimum absolute atomic E-state index is 0.00227. The first-order valence-electron chi connectivity index (χ1n) is 5.92. The Bertz CT molecular complexity index is 550. The van der Waals surface area contributed by atoms with Crippen molar-refractivity contribution in [3.63, 3.8) is 0 Å². The van der Waals surface area contributed by atoms with Crippen LogP contribution in [0.2, 0.25) is 0 Å². The molecule has 3 N–H and O–H groups in total. The van der Waals surface area contributed by atoms with E-state index < -0.39 is 0 Å². The lowest BCUT2D eigenvalue weighted by molar-refractivity contribution is -0.120. The predicted molar refractivity (Wildman–Crippen MR) is 77.5 cm³/mol. The van der Waals surface area contributed by atoms with E-state index in [9.17, 15) is 4.79 Å². The molecule has 0 radical (unpaired) electrons. The van der Waals surface area contributed by atoms with E-state index in [1.165, 1.54) is 0 Å². The van der Waals surface area contributed by atoms with E-state index in [4.69, 9.17) is 5.73 Å². The van der Waals surface area contributed by atoms with E-state index in [1.54, 1.807) is 17.1 Å². The van der Waals surface area contributed by atoms with Crippen LogP contribution in [-0.4, -0.2) is 22.2 Å². The molecule has 0 unspecified atom stereocenters. The molecule has 2 aromatic rings. The number of halogens is 1. The van der Waals surface area contributed by atoms with Crippen molar-refractivity contribution in [3.8, 4) is 0 Å². The highest BCUT2D eigenvalue weighted by atomic mass is 79.9. The summed E-state index contributed by atoms with van der Waals surface area (Å²) in [6.07, 6.45) is 3.71. The number of nitrogen functional groups attached to an aromatic ring is 1. The zero-order chi connectivity index (χ0) is 13.7. The molecular weight excluding hydrogens is 308 g/mol. The van der Waals surface area contributed by atoms with Crippen LogP contribution in [-0.2, 0) is 17.8 Å². The van der Waals surface area contributed by atoms with Crippen molar-refractivity contribution >= 4 is 27.5 Å². The number of rotatable bonds is 5. The van der Waals surface area contributed by atoms with Crippen molar-refractivity contribution in [2.45, 2.75) is 13.0 Å². The number of carbonyl (C=O) groups excluding carboxylic acids is 1. The summed E-state index contributed by atoms with van der Waals surface area (Å²) in [6, 6.07) is 7.71. The molecular formula is C13H15BrN4O. The predicted octanol–water partition coefficient (Wildman–Crippen LogP) is 1.59. The smallest absolute Gasteiger partial charge is 0.224 e. The van der Waals surface area contributed by atoms with Crippen LogP contribution in [0.15, 0.2) is 41.1 Å². The monoisotopic (exact) mass is 322 g/mol. The summed E-state index contributed by atoms with van der Waals surface area (Å²) in [5.74, 6) is 0.00227. The summed E-state index contributed by atoms with van der Waals surface area (Å²) in [5, 5.41) is 6.89. The summed E-state index contributed by atoms with van der Waals surface area (Å²) in [6.45, 7) is 1.15. The van der Waals surface area contributed by atoms with Crippen molar-refractivity contribution < 1.29 is 4.79 Å². The Morgan fingerprint density at radius 2 is 2.11 bits per heavy atom. The maximum Gasteiger partial charge on any atom is 0.224 e. The van der Waals surface area contributed by atoms with Gasteiger partial charge in [-0.1, -0.05) is 28.1 Å². The molecule has 0 bridgehead atoms. The number of carbonyl (C=O) groups is 1. The quantitative estimate of drug-likeness (QED) is 0.878. The molecule has 0 spiro atoms. The third-order valence-corrected chi connectivity index (χ3v) is 3.12. The van der Waals surface area contributed by atoms with Gasteiger partial charge >= 0.3 is 0 Å². The van der Waals surface area contributed by atoms with Crippen LogP contribution in [0.1, 0.15) is 5.56 Å². The third-order valence-electron chi connectivity index (χ3n) is 2.59. The number of amides is 1. The summed E-state index contributed by atoms with van der Waals surface area (Å²) in [7, 11) is 0. The highest BCUT2D eigenvalue weighted by molar-refractivity contribution is 9.10. The average Bonchev–Trinajstić information content (AvgIpc) is 2.78. The number of benzene rings is 1. The molecule has 0 fully saturated rings. The van der Waals surface area contributed by atoms with Gasteiger partial charge in [-0.2, -0.15) is 5.10 Å². The molecule has 1 aromatic heterocycles. The standard InChI is InChI=1S/C13H15BrN4O/c14-11-3-1-10(2-4-11)7-13(19)16-5-6-18-9-12(15)8-17-18/h1-4,8-9H,5-7,15H2,(H,16,19). The average molecular weight is 323 g/mol. The van der Waals surface area contributed by atoms with Gasteiger partial charge in [0.2, 0.25) is 5.91 Å². The Labute approximate surface area is 119 Å². The third kappa shape index (κ3) is 4.40. The second-order valence-corrected chi connectivity index (χ2v) is 5.11. The van der Waals surface area contributed by atoms with Gasteiger partial charge in [0.25, 0.3) is 0 Å². The van der Waals surface area contributed by atoms with Gasteiger partial charge in [0, 0.05) is 17.2 Å². The van der Waals surface area contributed by atoms with Crippen LogP contribution in [0.5, 0.6) is 0 Å². The van der Waals surface area contributed by atoms with Gasteiger partial charge in [-0.15, -0.1) is 0 Å². The number of nitrogens with zero attached hydrogens (tertiary/aromatic N) is 2. The fourth-order valence-electron chi connectivity index (χ4n) is 1.66. The van der Waals surface area contributed by atoms with Crippen LogP contribution in [0, 0.1) is 0 Å². The molecule has 5 nitrogen and oxygen atoms in total. The molecule has 1 aromatic carbocycles.